The van der Waals surface area contributed by atoms with Crippen molar-refractivity contribution in [3.63, 3.8) is 0 Å². The summed E-state index contributed by atoms with van der Waals surface area (Å²) in [7, 11) is 3.16. The Labute approximate surface area is 184 Å². The molecule has 1 aliphatic rings. The summed E-state index contributed by atoms with van der Waals surface area (Å²) in [5.41, 5.74) is 2.04. The molecule has 0 N–H and O–H groups in total. The van der Waals surface area contributed by atoms with Crippen molar-refractivity contribution in [3.05, 3.63) is 59.9 Å². The molecule has 166 valence electrons. The first-order valence-corrected chi connectivity index (χ1v) is 10.7. The van der Waals surface area contributed by atoms with Crippen LogP contribution >= 0.6 is 0 Å². The Morgan fingerprint density at radius 1 is 1.19 bits per heavy atom. The van der Waals surface area contributed by atoms with E-state index >= 15 is 0 Å². The summed E-state index contributed by atoms with van der Waals surface area (Å²) in [4.78, 5) is 33.5. The molecule has 1 aromatic heterocycles. The van der Waals surface area contributed by atoms with Gasteiger partial charge in [-0.25, -0.2) is 0 Å². The van der Waals surface area contributed by atoms with E-state index in [1.54, 1.807) is 19.5 Å². The lowest BCUT2D eigenvalue weighted by molar-refractivity contribution is -0.143. The standard InChI is InChI=1S/C24H31N3O4/c1-30-18-24(29)27(16-20-7-4-12-25-15-20)21-8-5-13-26(17-21)23(28)11-10-19-6-3-9-22(14-19)31-2/h3-4,6-7,9,12,14-15,21H,5,8,10-11,13,16-18H2,1-2H3. The second kappa shape index (κ2) is 11.5. The maximum absolute atomic E-state index is 12.9. The topological polar surface area (TPSA) is 72.0 Å². The molecular weight excluding hydrogens is 394 g/mol. The number of aromatic nitrogens is 1. The number of hydrogen-bond donors (Lipinski definition) is 0. The number of benzene rings is 1. The lowest BCUT2D eigenvalue weighted by Crippen LogP contribution is -2.52. The van der Waals surface area contributed by atoms with Crippen molar-refractivity contribution in [1.29, 1.82) is 0 Å². The number of hydrogen-bond acceptors (Lipinski definition) is 5. The van der Waals surface area contributed by atoms with E-state index in [0.29, 0.717) is 25.9 Å². The molecule has 7 nitrogen and oxygen atoms in total. The fourth-order valence-electron chi connectivity index (χ4n) is 3.99. The van der Waals surface area contributed by atoms with Gasteiger partial charge in [0.2, 0.25) is 11.8 Å². The molecule has 1 fully saturated rings. The molecule has 1 atom stereocenters. The molecule has 7 heteroatoms. The molecule has 0 spiro atoms. The van der Waals surface area contributed by atoms with Gasteiger partial charge in [-0.2, -0.15) is 0 Å². The summed E-state index contributed by atoms with van der Waals surface area (Å²) in [5.74, 6) is 0.848. The number of pyridine rings is 1. The second-order valence-corrected chi connectivity index (χ2v) is 7.80. The highest BCUT2D eigenvalue weighted by molar-refractivity contribution is 5.79. The normalized spacial score (nSPS) is 16.1. The number of likely N-dealkylation sites (tertiary alicyclic amines) is 1. The highest BCUT2D eigenvalue weighted by atomic mass is 16.5. The van der Waals surface area contributed by atoms with E-state index in [1.165, 1.54) is 7.11 Å². The third kappa shape index (κ3) is 6.52. The molecule has 1 aliphatic heterocycles. The highest BCUT2D eigenvalue weighted by Crippen LogP contribution is 2.20. The molecule has 31 heavy (non-hydrogen) atoms. The molecule has 2 heterocycles. The number of piperidine rings is 1. The third-order valence-electron chi connectivity index (χ3n) is 5.62. The van der Waals surface area contributed by atoms with Gasteiger partial charge in [-0.3, -0.25) is 14.6 Å². The van der Waals surface area contributed by atoms with Gasteiger partial charge in [-0.15, -0.1) is 0 Å². The van der Waals surface area contributed by atoms with Crippen LogP contribution in [0.3, 0.4) is 0 Å². The molecule has 0 aliphatic carbocycles. The van der Waals surface area contributed by atoms with Gasteiger partial charge in [0.05, 0.1) is 7.11 Å². The van der Waals surface area contributed by atoms with Crippen LogP contribution in [0.1, 0.15) is 30.4 Å². The van der Waals surface area contributed by atoms with Gasteiger partial charge in [0.1, 0.15) is 12.4 Å². The first-order valence-electron chi connectivity index (χ1n) is 10.7. The quantitative estimate of drug-likeness (QED) is 0.618. The maximum atomic E-state index is 12.9. The van der Waals surface area contributed by atoms with E-state index < -0.39 is 0 Å². The fourth-order valence-corrected chi connectivity index (χ4v) is 3.99. The average Bonchev–Trinajstić information content (AvgIpc) is 2.82. The SMILES string of the molecule is COCC(=O)N(Cc1cccnc1)C1CCCN(C(=O)CCc2cccc(OC)c2)C1. The van der Waals surface area contributed by atoms with E-state index in [2.05, 4.69) is 4.98 Å². The van der Waals surface area contributed by atoms with Crippen molar-refractivity contribution in [2.45, 2.75) is 38.3 Å². The maximum Gasteiger partial charge on any atom is 0.249 e. The molecule has 1 unspecified atom stereocenters. The number of aryl methyl sites for hydroxylation is 1. The summed E-state index contributed by atoms with van der Waals surface area (Å²) in [6.07, 6.45) is 6.34. The minimum atomic E-state index is -0.0676. The monoisotopic (exact) mass is 425 g/mol. The highest BCUT2D eigenvalue weighted by Gasteiger charge is 2.30. The summed E-state index contributed by atoms with van der Waals surface area (Å²) >= 11 is 0. The summed E-state index contributed by atoms with van der Waals surface area (Å²) in [6.45, 7) is 1.77. The molecule has 3 rings (SSSR count). The van der Waals surface area contributed by atoms with Crippen LogP contribution in [0.25, 0.3) is 0 Å². The number of nitrogens with zero attached hydrogens (tertiary/aromatic N) is 3. The van der Waals surface area contributed by atoms with Crippen molar-refractivity contribution in [1.82, 2.24) is 14.8 Å². The number of carbonyl (C=O) groups excluding carboxylic acids is 2. The first kappa shape index (κ1) is 22.7. The number of rotatable bonds is 9. The lowest BCUT2D eigenvalue weighted by Gasteiger charge is -2.39. The Bertz CT molecular complexity index is 859. The van der Waals surface area contributed by atoms with E-state index in [9.17, 15) is 9.59 Å². The summed E-state index contributed by atoms with van der Waals surface area (Å²) < 4.78 is 10.4. The Morgan fingerprint density at radius 3 is 2.77 bits per heavy atom. The predicted octanol–water partition coefficient (Wildman–Crippen LogP) is 2.69. The zero-order valence-corrected chi connectivity index (χ0v) is 18.3. The molecule has 1 aromatic carbocycles. The van der Waals surface area contributed by atoms with Crippen LogP contribution in [-0.4, -0.2) is 66.6 Å². The molecule has 0 bridgehead atoms. The van der Waals surface area contributed by atoms with E-state index in [1.807, 2.05) is 46.2 Å². The van der Waals surface area contributed by atoms with Crippen LogP contribution in [0.2, 0.25) is 0 Å². The third-order valence-corrected chi connectivity index (χ3v) is 5.62. The molecule has 0 radical (unpaired) electrons. The van der Waals surface area contributed by atoms with Crippen molar-refractivity contribution >= 4 is 11.8 Å². The van der Waals surface area contributed by atoms with Crippen molar-refractivity contribution in [2.24, 2.45) is 0 Å². The first-order chi connectivity index (χ1) is 15.1. The second-order valence-electron chi connectivity index (χ2n) is 7.80. The van der Waals surface area contributed by atoms with Gasteiger partial charge in [0.15, 0.2) is 0 Å². The summed E-state index contributed by atoms with van der Waals surface area (Å²) in [5, 5.41) is 0. The fraction of sp³-hybridized carbons (Fsp3) is 0.458. The van der Waals surface area contributed by atoms with E-state index in [0.717, 1.165) is 36.3 Å². The zero-order chi connectivity index (χ0) is 22.1. The van der Waals surface area contributed by atoms with Crippen LogP contribution in [-0.2, 0) is 27.3 Å². The Hall–Kier alpha value is -2.93. The predicted molar refractivity (Wildman–Crippen MR) is 118 cm³/mol. The van der Waals surface area contributed by atoms with Crippen LogP contribution in [0, 0.1) is 0 Å². The van der Waals surface area contributed by atoms with E-state index in [-0.39, 0.29) is 24.5 Å². The Morgan fingerprint density at radius 2 is 2.03 bits per heavy atom. The molecule has 2 amide bonds. The van der Waals surface area contributed by atoms with Crippen LogP contribution < -0.4 is 4.74 Å². The largest absolute Gasteiger partial charge is 0.497 e. The zero-order valence-electron chi connectivity index (χ0n) is 18.3. The average molecular weight is 426 g/mol. The minimum Gasteiger partial charge on any atom is -0.497 e. The van der Waals surface area contributed by atoms with Crippen molar-refractivity contribution in [3.8, 4) is 5.75 Å². The Balaban J connectivity index is 1.63. The van der Waals surface area contributed by atoms with Gasteiger partial charge >= 0.3 is 0 Å². The summed E-state index contributed by atoms with van der Waals surface area (Å²) in [6, 6.07) is 11.6. The number of ether oxygens (including phenoxy) is 2. The van der Waals surface area contributed by atoms with Gasteiger partial charge < -0.3 is 19.3 Å². The number of carbonyl (C=O) groups is 2. The Kier molecular flexibility index (Phi) is 8.41. The van der Waals surface area contributed by atoms with Gasteiger partial charge in [-0.05, 0) is 48.6 Å². The molecule has 1 saturated heterocycles. The van der Waals surface area contributed by atoms with E-state index in [4.69, 9.17) is 9.47 Å². The molecule has 0 saturated carbocycles. The lowest BCUT2D eigenvalue weighted by atomic mass is 10.0. The molecular formula is C24H31N3O4. The number of methoxy groups -OCH3 is 2. The smallest absolute Gasteiger partial charge is 0.249 e. The van der Waals surface area contributed by atoms with Crippen LogP contribution in [0.4, 0.5) is 0 Å². The molecule has 2 aromatic rings. The minimum absolute atomic E-state index is 0.0283. The van der Waals surface area contributed by atoms with Crippen LogP contribution in [0.5, 0.6) is 5.75 Å². The van der Waals surface area contributed by atoms with Gasteiger partial charge in [-0.1, -0.05) is 18.2 Å². The van der Waals surface area contributed by atoms with Gasteiger partial charge in [0, 0.05) is 51.6 Å². The van der Waals surface area contributed by atoms with Crippen LogP contribution in [0.15, 0.2) is 48.8 Å². The van der Waals surface area contributed by atoms with Gasteiger partial charge in [0.25, 0.3) is 0 Å². The van der Waals surface area contributed by atoms with Crippen molar-refractivity contribution in [2.75, 3.05) is 33.9 Å². The number of amides is 2. The van der Waals surface area contributed by atoms with Crippen molar-refractivity contribution < 1.29 is 19.1 Å².